The molecule has 3 nitrogen and oxygen atoms in total. The molecule has 0 aromatic rings. The van der Waals surface area contributed by atoms with Crippen molar-refractivity contribution < 1.29 is 10.2 Å². The summed E-state index contributed by atoms with van der Waals surface area (Å²) < 4.78 is 0. The Labute approximate surface area is 184 Å². The van der Waals surface area contributed by atoms with E-state index in [9.17, 15) is 10.2 Å². The standard InChI is InChI=1S/C27H45NO2/c1-19(18-28-14-5-4-7-20(28)2)25-11-12-26-22(8-6-13-27(25,26)3)10-9-21-15-23(29)17-24(30)16-21/h9-10,19-20,23-26,29-30H,4-8,11-18H2,1-3H3/t19?,20?,23-,24-,25-,26+,27-/m1/s1. The third-order valence-corrected chi connectivity index (χ3v) is 9.26. The molecule has 1 saturated heterocycles. The van der Waals surface area contributed by atoms with Crippen LogP contribution in [0.5, 0.6) is 0 Å². The number of hydrogen-bond donors (Lipinski definition) is 2. The van der Waals surface area contributed by atoms with Crippen LogP contribution in [0.1, 0.15) is 91.4 Å². The highest BCUT2D eigenvalue weighted by Gasteiger charge is 2.50. The molecule has 1 heterocycles. The second kappa shape index (κ2) is 9.46. The van der Waals surface area contributed by atoms with Crippen molar-refractivity contribution in [2.24, 2.45) is 23.2 Å². The molecule has 0 aromatic carbocycles. The van der Waals surface area contributed by atoms with Crippen molar-refractivity contribution in [3.63, 3.8) is 0 Å². The zero-order valence-corrected chi connectivity index (χ0v) is 19.7. The molecule has 3 saturated carbocycles. The van der Waals surface area contributed by atoms with Crippen molar-refractivity contribution in [2.75, 3.05) is 13.1 Å². The Balaban J connectivity index is 1.45. The zero-order valence-electron chi connectivity index (χ0n) is 19.7. The van der Waals surface area contributed by atoms with Crippen LogP contribution in [0.4, 0.5) is 0 Å². The van der Waals surface area contributed by atoms with Crippen LogP contribution in [0.25, 0.3) is 0 Å². The van der Waals surface area contributed by atoms with Crippen molar-refractivity contribution in [3.8, 4) is 0 Å². The normalized spacial score (nSPS) is 42.9. The Morgan fingerprint density at radius 3 is 2.57 bits per heavy atom. The lowest BCUT2D eigenvalue weighted by atomic mass is 9.61. The molecule has 3 aliphatic carbocycles. The fraction of sp³-hybridized carbons (Fsp3) is 0.852. The summed E-state index contributed by atoms with van der Waals surface area (Å²) in [4.78, 5) is 2.77. The van der Waals surface area contributed by atoms with E-state index in [0.717, 1.165) is 36.6 Å². The molecule has 7 atom stereocenters. The lowest BCUT2D eigenvalue weighted by Gasteiger charge is -2.46. The quantitative estimate of drug-likeness (QED) is 0.640. The highest BCUT2D eigenvalue weighted by molar-refractivity contribution is 5.26. The van der Waals surface area contributed by atoms with Crippen LogP contribution < -0.4 is 0 Å². The maximum absolute atomic E-state index is 10.0. The molecule has 3 heteroatoms. The highest BCUT2D eigenvalue weighted by Crippen LogP contribution is 2.59. The second-order valence-electron chi connectivity index (χ2n) is 11.4. The number of allylic oxidation sites excluding steroid dienone is 3. The lowest BCUT2D eigenvalue weighted by Crippen LogP contribution is -2.44. The van der Waals surface area contributed by atoms with Crippen molar-refractivity contribution in [3.05, 3.63) is 23.3 Å². The molecule has 0 aromatic heterocycles. The molecule has 30 heavy (non-hydrogen) atoms. The van der Waals surface area contributed by atoms with E-state index in [1.165, 1.54) is 70.0 Å². The molecule has 4 fully saturated rings. The van der Waals surface area contributed by atoms with Gasteiger partial charge in [-0.15, -0.1) is 0 Å². The van der Waals surface area contributed by atoms with Crippen molar-refractivity contribution >= 4 is 0 Å². The monoisotopic (exact) mass is 415 g/mol. The molecule has 2 unspecified atom stereocenters. The first-order chi connectivity index (χ1) is 14.4. The van der Waals surface area contributed by atoms with Crippen molar-refractivity contribution in [1.29, 1.82) is 0 Å². The first-order valence-electron chi connectivity index (χ1n) is 12.9. The van der Waals surface area contributed by atoms with Crippen LogP contribution in [0.2, 0.25) is 0 Å². The number of piperidine rings is 1. The van der Waals surface area contributed by atoms with Crippen molar-refractivity contribution in [1.82, 2.24) is 4.90 Å². The van der Waals surface area contributed by atoms with E-state index >= 15 is 0 Å². The van der Waals surface area contributed by atoms with E-state index in [4.69, 9.17) is 0 Å². The number of fused-ring (bicyclic) bond motifs is 1. The van der Waals surface area contributed by atoms with Crippen LogP contribution >= 0.6 is 0 Å². The average Bonchev–Trinajstić information content (AvgIpc) is 3.05. The minimum Gasteiger partial charge on any atom is -0.393 e. The Kier molecular flexibility index (Phi) is 7.11. The van der Waals surface area contributed by atoms with Gasteiger partial charge in [-0.25, -0.2) is 0 Å². The summed E-state index contributed by atoms with van der Waals surface area (Å²) in [5, 5.41) is 20.0. The fourth-order valence-corrected chi connectivity index (χ4v) is 7.67. The zero-order chi connectivity index (χ0) is 21.3. The SMILES string of the molecule is CC(CN1CCCCC1C)[C@H]1CC[C@H]2C(=CC=C3C[C@@H](O)C[C@H](O)C3)CCC[C@]12C. The number of likely N-dealkylation sites (tertiary alicyclic amines) is 1. The van der Waals surface area contributed by atoms with E-state index in [1.807, 2.05) is 0 Å². The van der Waals surface area contributed by atoms with Crippen molar-refractivity contribution in [2.45, 2.75) is 110 Å². The van der Waals surface area contributed by atoms with E-state index in [1.54, 1.807) is 5.57 Å². The molecular weight excluding hydrogens is 370 g/mol. The summed E-state index contributed by atoms with van der Waals surface area (Å²) in [5.41, 5.74) is 3.32. The number of nitrogens with zero attached hydrogens (tertiary/aromatic N) is 1. The predicted molar refractivity (Wildman–Crippen MR) is 124 cm³/mol. The number of aliphatic hydroxyl groups excluding tert-OH is 2. The first kappa shape index (κ1) is 22.6. The molecule has 2 N–H and O–H groups in total. The van der Waals surface area contributed by atoms with Gasteiger partial charge in [0.15, 0.2) is 0 Å². The van der Waals surface area contributed by atoms with E-state index in [-0.39, 0.29) is 12.2 Å². The molecule has 0 bridgehead atoms. The number of aliphatic hydroxyl groups is 2. The fourth-order valence-electron chi connectivity index (χ4n) is 7.67. The maximum Gasteiger partial charge on any atom is 0.0602 e. The summed E-state index contributed by atoms with van der Waals surface area (Å²) in [6.07, 6.45) is 16.7. The van der Waals surface area contributed by atoms with Gasteiger partial charge in [-0.3, -0.25) is 0 Å². The van der Waals surface area contributed by atoms with Crippen LogP contribution in [-0.2, 0) is 0 Å². The van der Waals surface area contributed by atoms with Gasteiger partial charge in [0.2, 0.25) is 0 Å². The van der Waals surface area contributed by atoms with Crippen LogP contribution in [0.3, 0.4) is 0 Å². The minimum atomic E-state index is -0.371. The van der Waals surface area contributed by atoms with Gasteiger partial charge in [0.05, 0.1) is 12.2 Å². The van der Waals surface area contributed by atoms with Gasteiger partial charge >= 0.3 is 0 Å². The summed E-state index contributed by atoms with van der Waals surface area (Å²) >= 11 is 0. The summed E-state index contributed by atoms with van der Waals surface area (Å²) in [7, 11) is 0. The smallest absolute Gasteiger partial charge is 0.0602 e. The van der Waals surface area contributed by atoms with Gasteiger partial charge < -0.3 is 15.1 Å². The van der Waals surface area contributed by atoms with Crippen LogP contribution in [0, 0.1) is 23.2 Å². The Bertz CT molecular complexity index is 643. The van der Waals surface area contributed by atoms with Gasteiger partial charge in [-0.1, -0.05) is 43.6 Å². The maximum atomic E-state index is 10.0. The van der Waals surface area contributed by atoms with Gasteiger partial charge in [-0.2, -0.15) is 0 Å². The predicted octanol–water partition coefficient (Wildman–Crippen LogP) is 5.47. The molecule has 0 amide bonds. The van der Waals surface area contributed by atoms with Crippen LogP contribution in [0.15, 0.2) is 23.3 Å². The third-order valence-electron chi connectivity index (χ3n) is 9.26. The van der Waals surface area contributed by atoms with Gasteiger partial charge in [0, 0.05) is 12.6 Å². The van der Waals surface area contributed by atoms with Gasteiger partial charge in [-0.05, 0) is 101 Å². The molecule has 0 radical (unpaired) electrons. The Morgan fingerprint density at radius 1 is 1.07 bits per heavy atom. The van der Waals surface area contributed by atoms with E-state index in [0.29, 0.717) is 11.8 Å². The molecule has 0 spiro atoms. The third kappa shape index (κ3) is 4.74. The highest BCUT2D eigenvalue weighted by atomic mass is 16.3. The summed E-state index contributed by atoms with van der Waals surface area (Å²) in [6.45, 7) is 10.1. The van der Waals surface area contributed by atoms with Gasteiger partial charge in [0.25, 0.3) is 0 Å². The Morgan fingerprint density at radius 2 is 1.83 bits per heavy atom. The summed E-state index contributed by atoms with van der Waals surface area (Å²) in [6, 6.07) is 0.765. The minimum absolute atomic E-state index is 0.371. The molecule has 1 aliphatic heterocycles. The van der Waals surface area contributed by atoms with E-state index < -0.39 is 0 Å². The lowest BCUT2D eigenvalue weighted by molar-refractivity contribution is 0.0594. The number of rotatable bonds is 4. The summed E-state index contributed by atoms with van der Waals surface area (Å²) in [5.74, 6) is 2.35. The van der Waals surface area contributed by atoms with Gasteiger partial charge in [0.1, 0.15) is 0 Å². The molecule has 4 aliphatic rings. The largest absolute Gasteiger partial charge is 0.393 e. The topological polar surface area (TPSA) is 43.7 Å². The number of hydrogen-bond acceptors (Lipinski definition) is 3. The average molecular weight is 416 g/mol. The first-order valence-corrected chi connectivity index (χ1v) is 12.9. The van der Waals surface area contributed by atoms with E-state index in [2.05, 4.69) is 37.8 Å². The van der Waals surface area contributed by atoms with Crippen LogP contribution in [-0.4, -0.2) is 46.5 Å². The molecule has 4 rings (SSSR count). The molecular formula is C27H45NO2. The second-order valence-corrected chi connectivity index (χ2v) is 11.4. The Hall–Kier alpha value is -0.640. The molecule has 170 valence electrons.